The Kier molecular flexibility index (Phi) is 7.00. The van der Waals surface area contributed by atoms with Crippen LogP contribution in [0.3, 0.4) is 0 Å². The average molecular weight is 487 g/mol. The molecule has 3 aromatic carbocycles. The number of nitrogens with zero attached hydrogens (tertiary/aromatic N) is 2. The molecule has 3 aromatic rings. The highest BCUT2D eigenvalue weighted by atomic mass is 16.5. The number of para-hydroxylation sites is 2. The zero-order valence-corrected chi connectivity index (χ0v) is 20.1. The van der Waals surface area contributed by atoms with Crippen molar-refractivity contribution in [3.8, 4) is 5.75 Å². The van der Waals surface area contributed by atoms with Crippen LogP contribution in [0.25, 0.3) is 0 Å². The number of aryl methyl sites for hydroxylation is 1. The molecule has 1 aliphatic rings. The van der Waals surface area contributed by atoms with Crippen molar-refractivity contribution in [1.82, 2.24) is 4.90 Å². The van der Waals surface area contributed by atoms with Crippen LogP contribution in [0.4, 0.5) is 21.9 Å². The second-order valence-corrected chi connectivity index (χ2v) is 8.37. The number of nitrogens with one attached hydrogen (secondary N) is 2. The lowest BCUT2D eigenvalue weighted by Crippen LogP contribution is -2.39. The van der Waals surface area contributed by atoms with Gasteiger partial charge in [-0.15, -0.1) is 0 Å². The molecule has 0 radical (unpaired) electrons. The highest BCUT2D eigenvalue weighted by Gasteiger charge is 2.44. The fourth-order valence-electron chi connectivity index (χ4n) is 3.90. The van der Waals surface area contributed by atoms with Gasteiger partial charge in [0.25, 0.3) is 11.8 Å². The molecule has 0 spiro atoms. The van der Waals surface area contributed by atoms with E-state index in [1.165, 1.54) is 12.0 Å². The summed E-state index contributed by atoms with van der Waals surface area (Å²) in [6.45, 7) is 3.15. The maximum absolute atomic E-state index is 12.9. The molecule has 0 saturated carbocycles. The van der Waals surface area contributed by atoms with Gasteiger partial charge in [0, 0.05) is 16.9 Å². The quantitative estimate of drug-likeness (QED) is 0.490. The summed E-state index contributed by atoms with van der Waals surface area (Å²) < 4.78 is 5.24. The van der Waals surface area contributed by atoms with Gasteiger partial charge in [0.1, 0.15) is 18.3 Å². The van der Waals surface area contributed by atoms with Crippen LogP contribution < -0.4 is 20.3 Å². The number of carbonyl (C=O) groups excluding carboxylic acids is 4. The third-order valence-corrected chi connectivity index (χ3v) is 5.85. The Morgan fingerprint density at radius 3 is 2.25 bits per heavy atom. The van der Waals surface area contributed by atoms with E-state index in [0.717, 1.165) is 10.5 Å². The zero-order chi connectivity index (χ0) is 25.8. The fraction of sp³-hybridized carbons (Fsp3) is 0.185. The Morgan fingerprint density at radius 2 is 1.58 bits per heavy atom. The molecule has 5 amide bonds. The molecular weight excluding hydrogens is 460 g/mol. The van der Waals surface area contributed by atoms with Gasteiger partial charge in [0.2, 0.25) is 5.91 Å². The number of methoxy groups -OCH3 is 1. The summed E-state index contributed by atoms with van der Waals surface area (Å²) in [5.74, 6) is -0.771. The van der Waals surface area contributed by atoms with E-state index in [1.54, 1.807) is 67.6 Å². The largest absolute Gasteiger partial charge is 0.495 e. The maximum atomic E-state index is 12.9. The van der Waals surface area contributed by atoms with Crippen LogP contribution in [-0.4, -0.2) is 48.3 Å². The Labute approximate surface area is 208 Å². The number of amides is 5. The number of ether oxygens (including phenoxy) is 1. The van der Waals surface area contributed by atoms with Crippen molar-refractivity contribution in [2.24, 2.45) is 0 Å². The molecule has 2 N–H and O–H groups in total. The molecule has 0 bridgehead atoms. The number of hydrogen-bond donors (Lipinski definition) is 2. The van der Waals surface area contributed by atoms with Crippen LogP contribution in [0.2, 0.25) is 0 Å². The standard InChI is InChI=1S/C27H26N4O5/c1-17-8-14-21(15-9-17)31-18(2)26(34)30(27(31)35)16-24(32)28-20-12-10-19(11-13-20)25(33)29-22-6-4-5-7-23(22)36-3/h4-15,18H,16H2,1-3H3,(H,28,32)(H,29,33). The predicted molar refractivity (Wildman–Crippen MR) is 136 cm³/mol. The fourth-order valence-corrected chi connectivity index (χ4v) is 3.90. The summed E-state index contributed by atoms with van der Waals surface area (Å²) >= 11 is 0. The summed E-state index contributed by atoms with van der Waals surface area (Å²) in [5, 5.41) is 5.45. The van der Waals surface area contributed by atoms with Crippen LogP contribution in [0, 0.1) is 6.92 Å². The molecule has 1 saturated heterocycles. The summed E-state index contributed by atoms with van der Waals surface area (Å²) in [6, 6.07) is 19.3. The van der Waals surface area contributed by atoms with E-state index in [0.29, 0.717) is 28.4 Å². The Hall–Kier alpha value is -4.66. The summed E-state index contributed by atoms with van der Waals surface area (Å²) in [6.07, 6.45) is 0. The smallest absolute Gasteiger partial charge is 0.332 e. The molecule has 1 unspecified atom stereocenters. The van der Waals surface area contributed by atoms with Crippen molar-refractivity contribution in [3.05, 3.63) is 83.9 Å². The Balaban J connectivity index is 1.38. The molecule has 1 aliphatic heterocycles. The molecule has 1 atom stereocenters. The van der Waals surface area contributed by atoms with Gasteiger partial charge >= 0.3 is 6.03 Å². The number of rotatable bonds is 7. The van der Waals surface area contributed by atoms with E-state index < -0.39 is 30.4 Å². The number of benzene rings is 3. The minimum Gasteiger partial charge on any atom is -0.495 e. The third kappa shape index (κ3) is 5.05. The molecule has 9 nitrogen and oxygen atoms in total. The summed E-state index contributed by atoms with van der Waals surface area (Å²) in [7, 11) is 1.52. The van der Waals surface area contributed by atoms with Gasteiger partial charge in [0.15, 0.2) is 0 Å². The lowest BCUT2D eigenvalue weighted by atomic mass is 10.2. The predicted octanol–water partition coefficient (Wildman–Crippen LogP) is 4.05. The van der Waals surface area contributed by atoms with Gasteiger partial charge in [-0.3, -0.25) is 24.2 Å². The third-order valence-electron chi connectivity index (χ3n) is 5.85. The molecule has 9 heteroatoms. The van der Waals surface area contributed by atoms with Crippen LogP contribution in [0.1, 0.15) is 22.8 Å². The van der Waals surface area contributed by atoms with Crippen molar-refractivity contribution >= 4 is 40.8 Å². The molecule has 0 aliphatic carbocycles. The van der Waals surface area contributed by atoms with Gasteiger partial charge in [0.05, 0.1) is 12.8 Å². The zero-order valence-electron chi connectivity index (χ0n) is 20.1. The van der Waals surface area contributed by atoms with Gasteiger partial charge in [-0.25, -0.2) is 4.79 Å². The molecular formula is C27H26N4O5. The van der Waals surface area contributed by atoms with Crippen LogP contribution in [-0.2, 0) is 9.59 Å². The van der Waals surface area contributed by atoms with E-state index in [2.05, 4.69) is 10.6 Å². The Bertz CT molecular complexity index is 1300. The second kappa shape index (κ2) is 10.3. The number of carbonyl (C=O) groups is 4. The van der Waals surface area contributed by atoms with E-state index in [-0.39, 0.29) is 5.91 Å². The number of hydrogen-bond acceptors (Lipinski definition) is 5. The highest BCUT2D eigenvalue weighted by molar-refractivity contribution is 6.16. The van der Waals surface area contributed by atoms with Crippen molar-refractivity contribution in [2.45, 2.75) is 19.9 Å². The van der Waals surface area contributed by atoms with E-state index in [1.807, 2.05) is 19.1 Å². The SMILES string of the molecule is COc1ccccc1NC(=O)c1ccc(NC(=O)CN2C(=O)C(C)N(c3ccc(C)cc3)C2=O)cc1. The van der Waals surface area contributed by atoms with Crippen molar-refractivity contribution in [1.29, 1.82) is 0 Å². The lowest BCUT2D eigenvalue weighted by molar-refractivity contribution is -0.130. The molecule has 1 heterocycles. The van der Waals surface area contributed by atoms with Gasteiger partial charge in [-0.05, 0) is 62.4 Å². The van der Waals surface area contributed by atoms with Crippen LogP contribution in [0.15, 0.2) is 72.8 Å². The van der Waals surface area contributed by atoms with E-state index in [9.17, 15) is 19.2 Å². The summed E-state index contributed by atoms with van der Waals surface area (Å²) in [4.78, 5) is 53.1. The highest BCUT2D eigenvalue weighted by Crippen LogP contribution is 2.26. The molecule has 4 rings (SSSR count). The maximum Gasteiger partial charge on any atom is 0.332 e. The minimum absolute atomic E-state index is 0.337. The molecule has 36 heavy (non-hydrogen) atoms. The topological polar surface area (TPSA) is 108 Å². The number of imide groups is 1. The lowest BCUT2D eigenvalue weighted by Gasteiger charge is -2.19. The van der Waals surface area contributed by atoms with Crippen LogP contribution >= 0.6 is 0 Å². The first-order valence-electron chi connectivity index (χ1n) is 11.3. The summed E-state index contributed by atoms with van der Waals surface area (Å²) in [5.41, 5.74) is 2.97. The second-order valence-electron chi connectivity index (χ2n) is 8.37. The van der Waals surface area contributed by atoms with E-state index in [4.69, 9.17) is 4.74 Å². The molecule has 1 fully saturated rings. The van der Waals surface area contributed by atoms with Crippen molar-refractivity contribution in [2.75, 3.05) is 29.2 Å². The first kappa shape index (κ1) is 24.5. The van der Waals surface area contributed by atoms with Gasteiger partial charge < -0.3 is 15.4 Å². The van der Waals surface area contributed by atoms with Crippen molar-refractivity contribution in [3.63, 3.8) is 0 Å². The first-order valence-corrected chi connectivity index (χ1v) is 11.3. The first-order chi connectivity index (χ1) is 17.3. The Morgan fingerprint density at radius 1 is 0.917 bits per heavy atom. The molecule has 0 aromatic heterocycles. The van der Waals surface area contributed by atoms with Crippen molar-refractivity contribution < 1.29 is 23.9 Å². The van der Waals surface area contributed by atoms with E-state index >= 15 is 0 Å². The number of anilines is 3. The van der Waals surface area contributed by atoms with Gasteiger partial charge in [-0.1, -0.05) is 29.8 Å². The normalized spacial score (nSPS) is 15.1. The van der Waals surface area contributed by atoms with Crippen LogP contribution in [0.5, 0.6) is 5.75 Å². The van der Waals surface area contributed by atoms with Gasteiger partial charge in [-0.2, -0.15) is 0 Å². The number of urea groups is 1. The minimum atomic E-state index is -0.714. The molecule has 184 valence electrons. The monoisotopic (exact) mass is 486 g/mol. The average Bonchev–Trinajstić information content (AvgIpc) is 3.08.